The molecular weight excluding hydrogens is 370 g/mol. The summed E-state index contributed by atoms with van der Waals surface area (Å²) in [5.74, 6) is -1.15. The van der Waals surface area contributed by atoms with Gasteiger partial charge in [0.2, 0.25) is 17.7 Å². The first-order valence-corrected chi connectivity index (χ1v) is 10.1. The van der Waals surface area contributed by atoms with E-state index in [9.17, 15) is 19.2 Å². The van der Waals surface area contributed by atoms with Crippen molar-refractivity contribution in [2.45, 2.75) is 19.8 Å². The van der Waals surface area contributed by atoms with Crippen molar-refractivity contribution in [1.82, 2.24) is 9.80 Å². The van der Waals surface area contributed by atoms with Gasteiger partial charge in [-0.1, -0.05) is 12.2 Å². The number of piperazine rings is 1. The largest absolute Gasteiger partial charge is 0.368 e. The van der Waals surface area contributed by atoms with Gasteiger partial charge in [-0.25, -0.2) is 0 Å². The minimum absolute atomic E-state index is 0.0357. The van der Waals surface area contributed by atoms with E-state index in [2.05, 4.69) is 4.90 Å². The standard InChI is InChI=1S/C22H25N3O4/c1-15(26)16-6-8-17(9-7-16)23-10-12-24(13-11-23)20(27)14-25-21(28)18-4-2-3-5-19(18)22(25)29/h2-3,6-9,18-19H,4-5,10-14H2,1H3/t18-,19+. The highest BCUT2D eigenvalue weighted by atomic mass is 16.2. The quantitative estimate of drug-likeness (QED) is 0.439. The predicted molar refractivity (Wildman–Crippen MR) is 107 cm³/mol. The summed E-state index contributed by atoms with van der Waals surface area (Å²) in [5, 5.41) is 0. The molecule has 2 aliphatic heterocycles. The lowest BCUT2D eigenvalue weighted by Gasteiger charge is -2.36. The zero-order chi connectivity index (χ0) is 20.5. The Morgan fingerprint density at radius 3 is 1.97 bits per heavy atom. The molecule has 3 amide bonds. The van der Waals surface area contributed by atoms with Crippen LogP contribution in [0, 0.1) is 11.8 Å². The van der Waals surface area contributed by atoms with Crippen molar-refractivity contribution in [3.8, 4) is 0 Å². The van der Waals surface area contributed by atoms with E-state index in [1.54, 1.807) is 11.8 Å². The number of benzene rings is 1. The number of likely N-dealkylation sites (tertiary alicyclic amines) is 1. The molecule has 152 valence electrons. The van der Waals surface area contributed by atoms with E-state index < -0.39 is 0 Å². The molecule has 2 saturated heterocycles. The summed E-state index contributed by atoms with van der Waals surface area (Å²) in [6, 6.07) is 7.47. The van der Waals surface area contributed by atoms with Crippen LogP contribution in [0.4, 0.5) is 5.69 Å². The molecule has 1 aromatic carbocycles. The van der Waals surface area contributed by atoms with E-state index in [0.717, 1.165) is 10.6 Å². The first kappa shape index (κ1) is 19.4. The Morgan fingerprint density at radius 1 is 0.897 bits per heavy atom. The molecular formula is C22H25N3O4. The zero-order valence-electron chi connectivity index (χ0n) is 16.5. The third kappa shape index (κ3) is 3.69. The summed E-state index contributed by atoms with van der Waals surface area (Å²) in [6.45, 7) is 3.80. The maximum absolute atomic E-state index is 12.7. The SMILES string of the molecule is CC(=O)c1ccc(N2CCN(C(=O)CN3C(=O)[C@H]4CC=CC[C@H]4C3=O)CC2)cc1. The predicted octanol–water partition coefficient (Wildman–Crippen LogP) is 1.49. The fourth-order valence-electron chi connectivity index (χ4n) is 4.38. The van der Waals surface area contributed by atoms with E-state index in [0.29, 0.717) is 44.6 Å². The van der Waals surface area contributed by atoms with Crippen LogP contribution in [0.25, 0.3) is 0 Å². The summed E-state index contributed by atoms with van der Waals surface area (Å²) >= 11 is 0. The number of carbonyl (C=O) groups excluding carboxylic acids is 4. The lowest BCUT2D eigenvalue weighted by molar-refractivity contribution is -0.146. The summed E-state index contributed by atoms with van der Waals surface area (Å²) in [4.78, 5) is 54.3. The number of carbonyl (C=O) groups is 4. The third-order valence-electron chi connectivity index (χ3n) is 6.16. The second-order valence-corrected chi connectivity index (χ2v) is 7.89. The Hall–Kier alpha value is -2.96. The number of anilines is 1. The molecule has 1 aliphatic carbocycles. The molecule has 7 heteroatoms. The van der Waals surface area contributed by atoms with Gasteiger partial charge in [0.1, 0.15) is 6.54 Å². The lowest BCUT2D eigenvalue weighted by atomic mass is 9.85. The Kier molecular flexibility index (Phi) is 5.22. The van der Waals surface area contributed by atoms with Gasteiger partial charge in [0.05, 0.1) is 11.8 Å². The molecule has 4 rings (SSSR count). The maximum Gasteiger partial charge on any atom is 0.242 e. The highest BCUT2D eigenvalue weighted by molar-refractivity contribution is 6.07. The van der Waals surface area contributed by atoms with Crippen molar-refractivity contribution in [2.24, 2.45) is 11.8 Å². The van der Waals surface area contributed by atoms with Crippen LogP contribution < -0.4 is 4.90 Å². The molecule has 1 aromatic rings. The summed E-state index contributed by atoms with van der Waals surface area (Å²) in [5.41, 5.74) is 1.70. The van der Waals surface area contributed by atoms with Gasteiger partial charge in [-0.05, 0) is 44.0 Å². The van der Waals surface area contributed by atoms with Crippen molar-refractivity contribution in [3.05, 3.63) is 42.0 Å². The Labute approximate surface area is 169 Å². The van der Waals surface area contributed by atoms with Gasteiger partial charge in [-0.3, -0.25) is 24.1 Å². The number of imide groups is 1. The number of fused-ring (bicyclic) bond motifs is 1. The molecule has 0 N–H and O–H groups in total. The van der Waals surface area contributed by atoms with Gasteiger partial charge in [0.25, 0.3) is 0 Å². The van der Waals surface area contributed by atoms with E-state index in [4.69, 9.17) is 0 Å². The number of hydrogen-bond donors (Lipinski definition) is 0. The number of ketones is 1. The Balaban J connectivity index is 1.33. The molecule has 7 nitrogen and oxygen atoms in total. The summed E-state index contributed by atoms with van der Waals surface area (Å²) in [6.07, 6.45) is 5.06. The van der Waals surface area contributed by atoms with Crippen LogP contribution >= 0.6 is 0 Å². The molecule has 0 unspecified atom stereocenters. The second-order valence-electron chi connectivity index (χ2n) is 7.89. The molecule has 0 radical (unpaired) electrons. The number of nitrogens with zero attached hydrogens (tertiary/aromatic N) is 3. The van der Waals surface area contributed by atoms with Gasteiger partial charge in [-0.15, -0.1) is 0 Å². The molecule has 0 bridgehead atoms. The van der Waals surface area contributed by atoms with Crippen molar-refractivity contribution in [2.75, 3.05) is 37.6 Å². The molecule has 0 saturated carbocycles. The van der Waals surface area contributed by atoms with Crippen LogP contribution in [-0.4, -0.2) is 66.0 Å². The monoisotopic (exact) mass is 395 g/mol. The van der Waals surface area contributed by atoms with Crippen LogP contribution in [-0.2, 0) is 14.4 Å². The highest BCUT2D eigenvalue weighted by Crippen LogP contribution is 2.35. The molecule has 2 heterocycles. The minimum atomic E-state index is -0.296. The average Bonchev–Trinajstić information content (AvgIpc) is 2.99. The van der Waals surface area contributed by atoms with Crippen molar-refractivity contribution in [3.63, 3.8) is 0 Å². The molecule has 29 heavy (non-hydrogen) atoms. The van der Waals surface area contributed by atoms with E-state index in [-0.39, 0.29) is 41.9 Å². The van der Waals surface area contributed by atoms with Gasteiger partial charge < -0.3 is 9.80 Å². The van der Waals surface area contributed by atoms with E-state index >= 15 is 0 Å². The van der Waals surface area contributed by atoms with Crippen molar-refractivity contribution >= 4 is 29.2 Å². The number of Topliss-reactive ketones (excluding diaryl/α,β-unsaturated/α-hetero) is 1. The Bertz CT molecular complexity index is 843. The van der Waals surface area contributed by atoms with E-state index in [1.165, 1.54) is 0 Å². The normalized spacial score (nSPS) is 24.1. The third-order valence-corrected chi connectivity index (χ3v) is 6.16. The number of amides is 3. The molecule has 0 spiro atoms. The zero-order valence-corrected chi connectivity index (χ0v) is 16.5. The highest BCUT2D eigenvalue weighted by Gasteiger charge is 2.48. The van der Waals surface area contributed by atoms with Crippen LogP contribution in [0.5, 0.6) is 0 Å². The second kappa shape index (κ2) is 7.81. The first-order chi connectivity index (χ1) is 14.0. The van der Waals surface area contributed by atoms with Crippen molar-refractivity contribution in [1.29, 1.82) is 0 Å². The van der Waals surface area contributed by atoms with Crippen LogP contribution in [0.2, 0.25) is 0 Å². The van der Waals surface area contributed by atoms with Crippen LogP contribution in [0.15, 0.2) is 36.4 Å². The molecule has 2 atom stereocenters. The van der Waals surface area contributed by atoms with Crippen molar-refractivity contribution < 1.29 is 19.2 Å². The molecule has 2 fully saturated rings. The topological polar surface area (TPSA) is 78.0 Å². The smallest absolute Gasteiger partial charge is 0.242 e. The minimum Gasteiger partial charge on any atom is -0.368 e. The average molecular weight is 395 g/mol. The maximum atomic E-state index is 12.7. The van der Waals surface area contributed by atoms with Gasteiger partial charge >= 0.3 is 0 Å². The number of hydrogen-bond acceptors (Lipinski definition) is 5. The van der Waals surface area contributed by atoms with Crippen LogP contribution in [0.1, 0.15) is 30.1 Å². The van der Waals surface area contributed by atoms with Crippen LogP contribution in [0.3, 0.4) is 0 Å². The number of rotatable bonds is 4. The van der Waals surface area contributed by atoms with Gasteiger partial charge in [0.15, 0.2) is 5.78 Å². The fourth-order valence-corrected chi connectivity index (χ4v) is 4.38. The van der Waals surface area contributed by atoms with Gasteiger partial charge in [0, 0.05) is 37.4 Å². The molecule has 0 aromatic heterocycles. The molecule has 3 aliphatic rings. The number of allylic oxidation sites excluding steroid dienone is 2. The fraction of sp³-hybridized carbons (Fsp3) is 0.455. The van der Waals surface area contributed by atoms with E-state index in [1.807, 2.05) is 36.4 Å². The first-order valence-electron chi connectivity index (χ1n) is 10.1. The van der Waals surface area contributed by atoms with Gasteiger partial charge in [-0.2, -0.15) is 0 Å². The lowest BCUT2D eigenvalue weighted by Crippen LogP contribution is -2.52. The Morgan fingerprint density at radius 2 is 1.45 bits per heavy atom. The summed E-state index contributed by atoms with van der Waals surface area (Å²) < 4.78 is 0. The summed E-state index contributed by atoms with van der Waals surface area (Å²) in [7, 11) is 0.